The van der Waals surface area contributed by atoms with Gasteiger partial charge in [0.15, 0.2) is 0 Å². The van der Waals surface area contributed by atoms with Gasteiger partial charge in [0, 0.05) is 27.1 Å². The maximum absolute atomic E-state index is 5.13. The van der Waals surface area contributed by atoms with E-state index in [1.807, 2.05) is 21.1 Å². The molecule has 1 heterocycles. The van der Waals surface area contributed by atoms with Gasteiger partial charge in [-0.05, 0) is 30.0 Å². The second-order valence-corrected chi connectivity index (χ2v) is 4.78. The van der Waals surface area contributed by atoms with Crippen molar-refractivity contribution >= 4 is 21.7 Å². The number of nitrogens with zero attached hydrogens (tertiary/aromatic N) is 3. The van der Waals surface area contributed by atoms with Crippen LogP contribution in [0.15, 0.2) is 4.47 Å². The molecule has 17 heavy (non-hydrogen) atoms. The molecule has 0 bridgehead atoms. The van der Waals surface area contributed by atoms with E-state index < -0.39 is 0 Å². The Labute approximate surface area is 111 Å². The minimum atomic E-state index is 0.479. The third-order valence-electron chi connectivity index (χ3n) is 2.27. The minimum Gasteiger partial charge on any atom is -0.378 e. The van der Waals surface area contributed by atoms with Crippen LogP contribution in [0.5, 0.6) is 0 Å². The number of ether oxygens (including phenoxy) is 1. The lowest BCUT2D eigenvalue weighted by Crippen LogP contribution is -2.17. The third-order valence-corrected chi connectivity index (χ3v) is 3.10. The number of nitrogens with one attached hydrogen (secondary N) is 1. The highest BCUT2D eigenvalue weighted by Crippen LogP contribution is 2.23. The van der Waals surface area contributed by atoms with E-state index in [1.165, 1.54) is 0 Å². The van der Waals surface area contributed by atoms with Crippen molar-refractivity contribution in [3.05, 3.63) is 16.0 Å². The Kier molecular flexibility index (Phi) is 5.80. The number of anilines is 1. The maximum Gasteiger partial charge on any atom is 0.144 e. The maximum atomic E-state index is 5.13. The molecule has 0 fully saturated rings. The molecular formula is C11H19BrN4O. The number of likely N-dealkylation sites (N-methyl/N-ethyl adjacent to an activating group) is 1. The summed E-state index contributed by atoms with van der Waals surface area (Å²) < 4.78 is 6.00. The van der Waals surface area contributed by atoms with Crippen LogP contribution in [0.3, 0.4) is 0 Å². The summed E-state index contributed by atoms with van der Waals surface area (Å²) in [5.74, 6) is 1.64. The summed E-state index contributed by atoms with van der Waals surface area (Å²) in [6, 6.07) is 0. The quantitative estimate of drug-likeness (QED) is 0.864. The lowest BCUT2D eigenvalue weighted by Gasteiger charge is -2.12. The Bertz CT molecular complexity index is 371. The largest absolute Gasteiger partial charge is 0.378 e. The molecule has 1 rings (SSSR count). The van der Waals surface area contributed by atoms with Gasteiger partial charge < -0.3 is 15.0 Å². The van der Waals surface area contributed by atoms with Crippen LogP contribution in [-0.2, 0) is 17.8 Å². The Morgan fingerprint density at radius 2 is 2.06 bits per heavy atom. The van der Waals surface area contributed by atoms with Gasteiger partial charge >= 0.3 is 0 Å². The molecule has 0 aliphatic rings. The van der Waals surface area contributed by atoms with Crippen molar-refractivity contribution in [2.24, 2.45) is 0 Å². The van der Waals surface area contributed by atoms with Crippen molar-refractivity contribution < 1.29 is 4.74 Å². The SMILES string of the molecule is CNc1nc(CCN(C)C)nc(COC)c1Br. The number of methoxy groups -OCH3 is 1. The summed E-state index contributed by atoms with van der Waals surface area (Å²) in [5, 5.41) is 3.05. The third kappa shape index (κ3) is 4.22. The van der Waals surface area contributed by atoms with Crippen molar-refractivity contribution in [2.45, 2.75) is 13.0 Å². The molecule has 0 aliphatic heterocycles. The Morgan fingerprint density at radius 3 is 2.59 bits per heavy atom. The summed E-state index contributed by atoms with van der Waals surface area (Å²) in [5.41, 5.74) is 0.876. The van der Waals surface area contributed by atoms with E-state index in [4.69, 9.17) is 4.74 Å². The number of hydrogen-bond donors (Lipinski definition) is 1. The Morgan fingerprint density at radius 1 is 1.35 bits per heavy atom. The first-order valence-electron chi connectivity index (χ1n) is 5.45. The van der Waals surface area contributed by atoms with Gasteiger partial charge in [0.2, 0.25) is 0 Å². The van der Waals surface area contributed by atoms with Gasteiger partial charge in [-0.2, -0.15) is 0 Å². The molecule has 0 radical (unpaired) electrons. The van der Waals surface area contributed by atoms with Crippen molar-refractivity contribution in [1.29, 1.82) is 0 Å². The predicted molar refractivity (Wildman–Crippen MR) is 72.2 cm³/mol. The van der Waals surface area contributed by atoms with Crippen LogP contribution in [0.1, 0.15) is 11.5 Å². The fourth-order valence-corrected chi connectivity index (χ4v) is 1.87. The van der Waals surface area contributed by atoms with Gasteiger partial charge in [0.25, 0.3) is 0 Å². The van der Waals surface area contributed by atoms with E-state index in [-0.39, 0.29) is 0 Å². The molecule has 0 saturated heterocycles. The molecule has 0 spiro atoms. The van der Waals surface area contributed by atoms with Gasteiger partial charge in [-0.25, -0.2) is 9.97 Å². The van der Waals surface area contributed by atoms with Gasteiger partial charge in [-0.15, -0.1) is 0 Å². The second-order valence-electron chi connectivity index (χ2n) is 3.99. The molecule has 0 amide bonds. The summed E-state index contributed by atoms with van der Waals surface area (Å²) in [4.78, 5) is 11.1. The molecule has 0 atom stereocenters. The number of rotatable bonds is 6. The molecule has 0 aliphatic carbocycles. The van der Waals surface area contributed by atoms with E-state index in [9.17, 15) is 0 Å². The average molecular weight is 303 g/mol. The van der Waals surface area contributed by atoms with Crippen LogP contribution in [0.4, 0.5) is 5.82 Å². The lowest BCUT2D eigenvalue weighted by molar-refractivity contribution is 0.180. The summed E-state index contributed by atoms with van der Waals surface area (Å²) in [6.07, 6.45) is 0.825. The zero-order valence-corrected chi connectivity index (χ0v) is 12.3. The van der Waals surface area contributed by atoms with Crippen LogP contribution in [0.25, 0.3) is 0 Å². The van der Waals surface area contributed by atoms with Crippen LogP contribution < -0.4 is 5.32 Å². The first kappa shape index (κ1) is 14.3. The van der Waals surface area contributed by atoms with Gasteiger partial charge in [0.05, 0.1) is 16.8 Å². The number of hydrogen-bond acceptors (Lipinski definition) is 5. The second kappa shape index (κ2) is 6.88. The lowest BCUT2D eigenvalue weighted by atomic mass is 10.3. The number of halogens is 1. The van der Waals surface area contributed by atoms with Crippen molar-refractivity contribution in [3.8, 4) is 0 Å². The molecule has 0 aromatic carbocycles. The molecule has 0 unspecified atom stereocenters. The highest BCUT2D eigenvalue weighted by molar-refractivity contribution is 9.10. The fraction of sp³-hybridized carbons (Fsp3) is 0.636. The normalized spacial score (nSPS) is 10.9. The Hall–Kier alpha value is -0.720. The summed E-state index contributed by atoms with van der Waals surface area (Å²) in [7, 11) is 7.58. The Balaban J connectivity index is 2.94. The van der Waals surface area contributed by atoms with Crippen LogP contribution in [0.2, 0.25) is 0 Å². The zero-order valence-electron chi connectivity index (χ0n) is 10.7. The van der Waals surface area contributed by atoms with E-state index in [1.54, 1.807) is 7.11 Å². The zero-order chi connectivity index (χ0) is 12.8. The van der Waals surface area contributed by atoms with Crippen molar-refractivity contribution in [2.75, 3.05) is 40.1 Å². The summed E-state index contributed by atoms with van der Waals surface area (Å²) >= 11 is 3.48. The highest BCUT2D eigenvalue weighted by atomic mass is 79.9. The molecule has 5 nitrogen and oxygen atoms in total. The molecule has 0 saturated carbocycles. The molecule has 1 aromatic rings. The van der Waals surface area contributed by atoms with Gasteiger partial charge in [0.1, 0.15) is 11.6 Å². The van der Waals surface area contributed by atoms with Crippen LogP contribution >= 0.6 is 15.9 Å². The first-order chi connectivity index (χ1) is 8.08. The molecule has 1 aromatic heterocycles. The van der Waals surface area contributed by atoms with E-state index in [2.05, 4.69) is 36.1 Å². The van der Waals surface area contributed by atoms with Gasteiger partial charge in [-0.3, -0.25) is 0 Å². The first-order valence-corrected chi connectivity index (χ1v) is 6.24. The molecule has 96 valence electrons. The number of aromatic nitrogens is 2. The van der Waals surface area contributed by atoms with E-state index >= 15 is 0 Å². The molecule has 6 heteroatoms. The van der Waals surface area contributed by atoms with E-state index in [0.717, 1.165) is 34.8 Å². The minimum absolute atomic E-state index is 0.479. The van der Waals surface area contributed by atoms with Crippen LogP contribution in [-0.4, -0.2) is 49.7 Å². The van der Waals surface area contributed by atoms with Crippen molar-refractivity contribution in [3.63, 3.8) is 0 Å². The molecule has 1 N–H and O–H groups in total. The monoisotopic (exact) mass is 302 g/mol. The van der Waals surface area contributed by atoms with Gasteiger partial charge in [-0.1, -0.05) is 0 Å². The predicted octanol–water partition coefficient (Wildman–Crippen LogP) is 1.53. The van der Waals surface area contributed by atoms with E-state index in [0.29, 0.717) is 6.61 Å². The fourth-order valence-electron chi connectivity index (χ4n) is 1.38. The average Bonchev–Trinajstić information content (AvgIpc) is 2.30. The topological polar surface area (TPSA) is 50.3 Å². The highest BCUT2D eigenvalue weighted by Gasteiger charge is 2.11. The molecular weight excluding hydrogens is 284 g/mol. The van der Waals surface area contributed by atoms with Crippen LogP contribution in [0, 0.1) is 0 Å². The smallest absolute Gasteiger partial charge is 0.144 e. The van der Waals surface area contributed by atoms with Crippen molar-refractivity contribution in [1.82, 2.24) is 14.9 Å². The summed E-state index contributed by atoms with van der Waals surface area (Å²) in [6.45, 7) is 1.41. The standard InChI is InChI=1S/C11H19BrN4O/c1-13-11-10(12)8(7-17-4)14-9(15-11)5-6-16(2)3/h5-7H2,1-4H3,(H,13,14,15).